The summed E-state index contributed by atoms with van der Waals surface area (Å²) >= 11 is 1.75. The molecule has 1 saturated heterocycles. The molecule has 1 aromatic carbocycles. The van der Waals surface area contributed by atoms with Crippen molar-refractivity contribution >= 4 is 11.3 Å². The standard InChI is InChI=1S/C20H27N3OS/c1-16-21-19(15-25-16)14-23-9-7-22(8-10-23)13-17-6-11-24-20-5-3-2-4-18(20)12-17/h2-5,15,17H,6-14H2,1H3. The third-order valence-electron chi connectivity index (χ3n) is 5.30. The highest BCUT2D eigenvalue weighted by Gasteiger charge is 2.23. The minimum absolute atomic E-state index is 0.705. The van der Waals surface area contributed by atoms with Crippen LogP contribution >= 0.6 is 11.3 Å². The average Bonchev–Trinajstić information content (AvgIpc) is 2.91. The van der Waals surface area contributed by atoms with E-state index in [1.165, 1.54) is 35.9 Å². The van der Waals surface area contributed by atoms with Crippen LogP contribution in [0.5, 0.6) is 5.75 Å². The van der Waals surface area contributed by atoms with Gasteiger partial charge in [-0.25, -0.2) is 4.98 Å². The lowest BCUT2D eigenvalue weighted by molar-refractivity contribution is 0.109. The van der Waals surface area contributed by atoms with E-state index in [1.54, 1.807) is 11.3 Å². The molecule has 2 aliphatic rings. The van der Waals surface area contributed by atoms with Gasteiger partial charge in [-0.15, -0.1) is 11.3 Å². The molecule has 1 fully saturated rings. The zero-order chi connectivity index (χ0) is 17.1. The van der Waals surface area contributed by atoms with Crippen LogP contribution in [0.1, 0.15) is 22.7 Å². The molecule has 1 atom stereocenters. The number of rotatable bonds is 4. The Morgan fingerprint density at radius 2 is 1.96 bits per heavy atom. The number of hydrogen-bond donors (Lipinski definition) is 0. The molecule has 0 aliphatic carbocycles. The average molecular weight is 358 g/mol. The third-order valence-corrected chi connectivity index (χ3v) is 6.12. The maximum Gasteiger partial charge on any atom is 0.122 e. The summed E-state index contributed by atoms with van der Waals surface area (Å²) in [6.45, 7) is 9.77. The molecule has 3 heterocycles. The van der Waals surface area contributed by atoms with Crippen molar-refractivity contribution in [3.05, 3.63) is 45.9 Å². The van der Waals surface area contributed by atoms with Crippen LogP contribution in [0.15, 0.2) is 29.6 Å². The van der Waals surface area contributed by atoms with Crippen molar-refractivity contribution < 1.29 is 4.74 Å². The van der Waals surface area contributed by atoms with Crippen molar-refractivity contribution in [2.45, 2.75) is 26.3 Å². The number of hydrogen-bond acceptors (Lipinski definition) is 5. The van der Waals surface area contributed by atoms with Crippen LogP contribution in [-0.2, 0) is 13.0 Å². The number of nitrogens with zero attached hydrogens (tertiary/aromatic N) is 3. The number of piperazine rings is 1. The Morgan fingerprint density at radius 1 is 1.16 bits per heavy atom. The van der Waals surface area contributed by atoms with Gasteiger partial charge in [-0.2, -0.15) is 0 Å². The normalized spacial score (nSPS) is 22.2. The van der Waals surface area contributed by atoms with Gasteiger partial charge in [-0.05, 0) is 37.3 Å². The van der Waals surface area contributed by atoms with E-state index >= 15 is 0 Å². The van der Waals surface area contributed by atoms with Crippen LogP contribution in [0.3, 0.4) is 0 Å². The Hall–Kier alpha value is -1.43. The molecule has 5 heteroatoms. The smallest absolute Gasteiger partial charge is 0.122 e. The number of aryl methyl sites for hydroxylation is 1. The van der Waals surface area contributed by atoms with E-state index < -0.39 is 0 Å². The zero-order valence-corrected chi connectivity index (χ0v) is 15.8. The zero-order valence-electron chi connectivity index (χ0n) is 15.0. The van der Waals surface area contributed by atoms with Gasteiger partial charge in [0.15, 0.2) is 0 Å². The van der Waals surface area contributed by atoms with Crippen LogP contribution in [0.2, 0.25) is 0 Å². The Labute approximate surface area is 154 Å². The fraction of sp³-hybridized carbons (Fsp3) is 0.550. The third kappa shape index (κ3) is 4.40. The second kappa shape index (κ2) is 7.85. The molecule has 0 radical (unpaired) electrons. The molecule has 1 unspecified atom stereocenters. The highest BCUT2D eigenvalue weighted by atomic mass is 32.1. The van der Waals surface area contributed by atoms with E-state index in [-0.39, 0.29) is 0 Å². The number of para-hydroxylation sites is 1. The Kier molecular flexibility index (Phi) is 5.34. The van der Waals surface area contributed by atoms with Gasteiger partial charge in [0.05, 0.1) is 17.3 Å². The van der Waals surface area contributed by atoms with E-state index in [1.807, 2.05) is 0 Å². The molecule has 25 heavy (non-hydrogen) atoms. The molecule has 0 bridgehead atoms. The largest absolute Gasteiger partial charge is 0.493 e. The molecule has 0 amide bonds. The van der Waals surface area contributed by atoms with Crippen LogP contribution in [0.4, 0.5) is 0 Å². The molecule has 0 N–H and O–H groups in total. The van der Waals surface area contributed by atoms with Crippen molar-refractivity contribution in [3.8, 4) is 5.75 Å². The first-order chi connectivity index (χ1) is 12.3. The van der Waals surface area contributed by atoms with E-state index in [2.05, 4.69) is 51.4 Å². The molecule has 4 nitrogen and oxygen atoms in total. The summed E-state index contributed by atoms with van der Waals surface area (Å²) < 4.78 is 5.92. The van der Waals surface area contributed by atoms with Gasteiger partial charge in [0, 0.05) is 44.6 Å². The quantitative estimate of drug-likeness (QED) is 0.840. The molecule has 1 aromatic heterocycles. The lowest BCUT2D eigenvalue weighted by Crippen LogP contribution is -2.47. The lowest BCUT2D eigenvalue weighted by atomic mass is 9.96. The number of benzene rings is 1. The van der Waals surface area contributed by atoms with Crippen LogP contribution in [0, 0.1) is 12.8 Å². The van der Waals surface area contributed by atoms with E-state index in [0.29, 0.717) is 5.92 Å². The van der Waals surface area contributed by atoms with Gasteiger partial charge in [0.2, 0.25) is 0 Å². The predicted octanol–water partition coefficient (Wildman–Crippen LogP) is 3.21. The summed E-state index contributed by atoms with van der Waals surface area (Å²) in [4.78, 5) is 9.78. The summed E-state index contributed by atoms with van der Waals surface area (Å²) in [6.07, 6.45) is 2.31. The second-order valence-corrected chi connectivity index (χ2v) is 8.31. The maximum absolute atomic E-state index is 5.92. The SMILES string of the molecule is Cc1nc(CN2CCN(CC3CCOc4ccccc4C3)CC2)cs1. The van der Waals surface area contributed by atoms with Crippen molar-refractivity contribution in [1.29, 1.82) is 0 Å². The fourth-order valence-electron chi connectivity index (χ4n) is 3.92. The molecule has 0 spiro atoms. The molecule has 134 valence electrons. The van der Waals surface area contributed by atoms with Crippen molar-refractivity contribution in [2.75, 3.05) is 39.3 Å². The first kappa shape index (κ1) is 17.0. The first-order valence-corrected chi connectivity index (χ1v) is 10.2. The topological polar surface area (TPSA) is 28.6 Å². The van der Waals surface area contributed by atoms with Crippen molar-refractivity contribution in [3.63, 3.8) is 0 Å². The van der Waals surface area contributed by atoms with E-state index in [9.17, 15) is 0 Å². The molecule has 0 saturated carbocycles. The maximum atomic E-state index is 5.92. The van der Waals surface area contributed by atoms with Gasteiger partial charge in [0.25, 0.3) is 0 Å². The highest BCUT2D eigenvalue weighted by Crippen LogP contribution is 2.27. The number of ether oxygens (including phenoxy) is 1. The van der Waals surface area contributed by atoms with Gasteiger partial charge >= 0.3 is 0 Å². The van der Waals surface area contributed by atoms with Crippen molar-refractivity contribution in [1.82, 2.24) is 14.8 Å². The molecule has 4 rings (SSSR count). The summed E-state index contributed by atoms with van der Waals surface area (Å²) in [6, 6.07) is 8.53. The summed E-state index contributed by atoms with van der Waals surface area (Å²) in [5.74, 6) is 1.80. The molecular formula is C20H27N3OS. The first-order valence-electron chi connectivity index (χ1n) is 9.33. The molecule has 2 aromatic rings. The molecular weight excluding hydrogens is 330 g/mol. The Morgan fingerprint density at radius 3 is 2.76 bits per heavy atom. The van der Waals surface area contributed by atoms with Gasteiger partial charge in [0.1, 0.15) is 5.75 Å². The highest BCUT2D eigenvalue weighted by molar-refractivity contribution is 7.09. The second-order valence-electron chi connectivity index (χ2n) is 7.25. The van der Waals surface area contributed by atoms with E-state index in [0.717, 1.165) is 44.8 Å². The van der Waals surface area contributed by atoms with E-state index in [4.69, 9.17) is 4.74 Å². The van der Waals surface area contributed by atoms with Crippen LogP contribution < -0.4 is 4.74 Å². The molecule has 2 aliphatic heterocycles. The summed E-state index contributed by atoms with van der Waals surface area (Å²) in [5, 5.41) is 3.37. The summed E-state index contributed by atoms with van der Waals surface area (Å²) in [7, 11) is 0. The minimum Gasteiger partial charge on any atom is -0.493 e. The van der Waals surface area contributed by atoms with Gasteiger partial charge in [-0.3, -0.25) is 4.90 Å². The lowest BCUT2D eigenvalue weighted by Gasteiger charge is -2.36. The number of thiazole rings is 1. The number of aromatic nitrogens is 1. The fourth-order valence-corrected chi connectivity index (χ4v) is 4.53. The predicted molar refractivity (Wildman–Crippen MR) is 102 cm³/mol. The summed E-state index contributed by atoms with van der Waals surface area (Å²) in [5.41, 5.74) is 2.61. The number of fused-ring (bicyclic) bond motifs is 1. The van der Waals surface area contributed by atoms with Gasteiger partial charge in [-0.1, -0.05) is 18.2 Å². The van der Waals surface area contributed by atoms with Crippen LogP contribution in [0.25, 0.3) is 0 Å². The van der Waals surface area contributed by atoms with Crippen molar-refractivity contribution in [2.24, 2.45) is 5.92 Å². The Balaban J connectivity index is 1.27. The monoisotopic (exact) mass is 357 g/mol. The van der Waals surface area contributed by atoms with Crippen LogP contribution in [-0.4, -0.2) is 54.1 Å². The minimum atomic E-state index is 0.705. The Bertz CT molecular complexity index is 694. The van der Waals surface area contributed by atoms with Gasteiger partial charge < -0.3 is 9.64 Å².